The van der Waals surface area contributed by atoms with Crippen molar-refractivity contribution in [3.05, 3.63) is 24.3 Å². The van der Waals surface area contributed by atoms with Gasteiger partial charge in [0, 0.05) is 19.3 Å². The first-order valence-electron chi connectivity index (χ1n) is 27.3. The van der Waals surface area contributed by atoms with Crippen LogP contribution in [0.5, 0.6) is 0 Å². The SMILES string of the molecule is CCCCCCC/C=C/CCCCCCCC(=O)O[C@@H](COC(=O)CCCCCCCCC/C=C/CCCCCCCC)COC(=O)CCCCCCCCCCCCCCC. The molecule has 0 aliphatic carbocycles. The molecule has 0 saturated carbocycles. The maximum atomic E-state index is 12.8. The molecule has 0 aromatic rings. The molecule has 0 radical (unpaired) electrons. The van der Waals surface area contributed by atoms with Crippen LogP contribution in [0, 0.1) is 0 Å². The number of hydrogen-bond donors (Lipinski definition) is 0. The van der Waals surface area contributed by atoms with Crippen LogP contribution in [0.2, 0.25) is 0 Å². The summed E-state index contributed by atoms with van der Waals surface area (Å²) in [5, 5.41) is 0. The Bertz CT molecular complexity index is 1000. The van der Waals surface area contributed by atoms with E-state index in [0.29, 0.717) is 19.3 Å². The van der Waals surface area contributed by atoms with E-state index in [2.05, 4.69) is 45.1 Å². The van der Waals surface area contributed by atoms with Crippen molar-refractivity contribution < 1.29 is 28.6 Å². The second kappa shape index (κ2) is 51.5. The minimum absolute atomic E-state index is 0.0720. The molecule has 0 aromatic heterocycles. The van der Waals surface area contributed by atoms with Crippen LogP contribution >= 0.6 is 0 Å². The zero-order chi connectivity index (χ0) is 45.1. The van der Waals surface area contributed by atoms with Gasteiger partial charge in [0.1, 0.15) is 13.2 Å². The van der Waals surface area contributed by atoms with Gasteiger partial charge in [-0.05, 0) is 70.6 Å². The Morgan fingerprint density at radius 3 is 0.806 bits per heavy atom. The van der Waals surface area contributed by atoms with E-state index < -0.39 is 6.10 Å². The smallest absolute Gasteiger partial charge is 0.306 e. The molecule has 1 atom stereocenters. The summed E-state index contributed by atoms with van der Waals surface area (Å²) >= 11 is 0. The van der Waals surface area contributed by atoms with Gasteiger partial charge in [0.05, 0.1) is 0 Å². The van der Waals surface area contributed by atoms with Crippen LogP contribution in [0.1, 0.15) is 297 Å². The largest absolute Gasteiger partial charge is 0.462 e. The van der Waals surface area contributed by atoms with Crippen LogP contribution < -0.4 is 0 Å². The van der Waals surface area contributed by atoms with Crippen molar-refractivity contribution in [1.82, 2.24) is 0 Å². The predicted octanol–water partition coefficient (Wildman–Crippen LogP) is 17.9. The Hall–Kier alpha value is -2.11. The van der Waals surface area contributed by atoms with Gasteiger partial charge in [0.15, 0.2) is 6.10 Å². The maximum Gasteiger partial charge on any atom is 0.306 e. The molecule has 0 bridgehead atoms. The third-order valence-corrected chi connectivity index (χ3v) is 12.2. The van der Waals surface area contributed by atoms with Gasteiger partial charge >= 0.3 is 17.9 Å². The molecular formula is C56H104O6. The molecule has 0 unspecified atom stereocenters. The van der Waals surface area contributed by atoms with Crippen LogP contribution in [0.15, 0.2) is 24.3 Å². The average molecular weight is 873 g/mol. The van der Waals surface area contributed by atoms with E-state index in [4.69, 9.17) is 14.2 Å². The maximum absolute atomic E-state index is 12.8. The number of hydrogen-bond acceptors (Lipinski definition) is 6. The van der Waals surface area contributed by atoms with Crippen molar-refractivity contribution in [1.29, 1.82) is 0 Å². The number of rotatable bonds is 50. The van der Waals surface area contributed by atoms with E-state index in [9.17, 15) is 14.4 Å². The molecule has 62 heavy (non-hydrogen) atoms. The number of unbranched alkanes of at least 4 members (excludes halogenated alkanes) is 35. The lowest BCUT2D eigenvalue weighted by molar-refractivity contribution is -0.167. The van der Waals surface area contributed by atoms with Gasteiger partial charge in [-0.15, -0.1) is 0 Å². The van der Waals surface area contributed by atoms with E-state index in [1.807, 2.05) is 0 Å². The summed E-state index contributed by atoms with van der Waals surface area (Å²) in [4.78, 5) is 38.0. The summed E-state index contributed by atoms with van der Waals surface area (Å²) in [7, 11) is 0. The van der Waals surface area contributed by atoms with Gasteiger partial charge in [0.2, 0.25) is 0 Å². The van der Waals surface area contributed by atoms with Crippen molar-refractivity contribution in [2.75, 3.05) is 13.2 Å². The first kappa shape index (κ1) is 59.9. The second-order valence-corrected chi connectivity index (χ2v) is 18.5. The number of ether oxygens (including phenoxy) is 3. The van der Waals surface area contributed by atoms with Crippen LogP contribution in [0.3, 0.4) is 0 Å². The van der Waals surface area contributed by atoms with E-state index in [1.54, 1.807) is 0 Å². The van der Waals surface area contributed by atoms with Crippen molar-refractivity contribution in [2.24, 2.45) is 0 Å². The summed E-state index contributed by atoms with van der Waals surface area (Å²) in [5.41, 5.74) is 0. The molecule has 0 aliphatic rings. The first-order chi connectivity index (χ1) is 30.5. The molecule has 0 spiro atoms. The fraction of sp³-hybridized carbons (Fsp3) is 0.875. The topological polar surface area (TPSA) is 78.9 Å². The lowest BCUT2D eigenvalue weighted by atomic mass is 10.0. The third kappa shape index (κ3) is 48.9. The Labute approximate surface area is 385 Å². The average Bonchev–Trinajstić information content (AvgIpc) is 3.27. The zero-order valence-electron chi connectivity index (χ0n) is 41.7. The minimum atomic E-state index is -0.772. The Kier molecular flexibility index (Phi) is 49.8. The molecule has 0 fully saturated rings. The van der Waals surface area contributed by atoms with Crippen molar-refractivity contribution in [2.45, 2.75) is 303 Å². The third-order valence-electron chi connectivity index (χ3n) is 12.2. The normalized spacial score (nSPS) is 12.1. The lowest BCUT2D eigenvalue weighted by Crippen LogP contribution is -2.30. The van der Waals surface area contributed by atoms with Crippen LogP contribution in [0.25, 0.3) is 0 Å². The number of carbonyl (C=O) groups is 3. The second-order valence-electron chi connectivity index (χ2n) is 18.5. The molecule has 6 nitrogen and oxygen atoms in total. The van der Waals surface area contributed by atoms with Gasteiger partial charge in [-0.25, -0.2) is 0 Å². The summed E-state index contributed by atoms with van der Waals surface area (Å²) in [6, 6.07) is 0. The molecular weight excluding hydrogens is 769 g/mol. The molecule has 364 valence electrons. The van der Waals surface area contributed by atoms with Gasteiger partial charge in [-0.2, -0.15) is 0 Å². The zero-order valence-corrected chi connectivity index (χ0v) is 41.7. The van der Waals surface area contributed by atoms with Gasteiger partial charge in [-0.1, -0.05) is 231 Å². The Balaban J connectivity index is 4.34. The van der Waals surface area contributed by atoms with Crippen molar-refractivity contribution in [3.8, 4) is 0 Å². The van der Waals surface area contributed by atoms with Crippen molar-refractivity contribution >= 4 is 17.9 Å². The molecule has 0 rings (SSSR count). The summed E-state index contributed by atoms with van der Waals surface area (Å²) in [6.45, 7) is 6.65. The van der Waals surface area contributed by atoms with E-state index >= 15 is 0 Å². The van der Waals surface area contributed by atoms with Crippen LogP contribution in [0.4, 0.5) is 0 Å². The molecule has 0 N–H and O–H groups in total. The highest BCUT2D eigenvalue weighted by molar-refractivity contribution is 5.71. The lowest BCUT2D eigenvalue weighted by Gasteiger charge is -2.18. The number of allylic oxidation sites excluding steroid dienone is 4. The Morgan fingerprint density at radius 1 is 0.306 bits per heavy atom. The molecule has 0 heterocycles. The standard InChI is InChI=1S/C56H104O6/c1-4-7-10-13-16-19-22-25-27-28-29-32-34-37-40-43-46-49-55(58)61-52-53(51-60-54(57)48-45-42-39-36-33-30-24-21-18-15-12-9-6-3)62-56(59)50-47-44-41-38-35-31-26-23-20-17-14-11-8-5-2/h23,25-27,53H,4-22,24,28-52H2,1-3H3/b26-23+,27-25+/t53-/m1/s1. The van der Waals surface area contributed by atoms with E-state index in [0.717, 1.165) is 64.2 Å². The number of carbonyl (C=O) groups excluding carboxylic acids is 3. The van der Waals surface area contributed by atoms with Crippen LogP contribution in [-0.2, 0) is 28.6 Å². The quantitative estimate of drug-likeness (QED) is 0.0262. The summed E-state index contributed by atoms with van der Waals surface area (Å²) in [6.07, 6.45) is 58.7. The monoisotopic (exact) mass is 873 g/mol. The van der Waals surface area contributed by atoms with E-state index in [-0.39, 0.29) is 31.1 Å². The fourth-order valence-corrected chi connectivity index (χ4v) is 8.02. The molecule has 0 aromatic carbocycles. The van der Waals surface area contributed by atoms with E-state index in [1.165, 1.54) is 193 Å². The molecule has 0 saturated heterocycles. The van der Waals surface area contributed by atoms with Gasteiger partial charge in [-0.3, -0.25) is 14.4 Å². The first-order valence-corrected chi connectivity index (χ1v) is 27.3. The van der Waals surface area contributed by atoms with Gasteiger partial charge in [0.25, 0.3) is 0 Å². The highest BCUT2D eigenvalue weighted by Gasteiger charge is 2.19. The van der Waals surface area contributed by atoms with Crippen LogP contribution in [-0.4, -0.2) is 37.2 Å². The Morgan fingerprint density at radius 2 is 0.532 bits per heavy atom. The highest BCUT2D eigenvalue weighted by Crippen LogP contribution is 2.16. The summed E-state index contributed by atoms with van der Waals surface area (Å²) in [5.74, 6) is -0.870. The summed E-state index contributed by atoms with van der Waals surface area (Å²) < 4.78 is 16.8. The fourth-order valence-electron chi connectivity index (χ4n) is 8.02. The highest BCUT2D eigenvalue weighted by atomic mass is 16.6. The molecule has 6 heteroatoms. The van der Waals surface area contributed by atoms with Gasteiger partial charge < -0.3 is 14.2 Å². The minimum Gasteiger partial charge on any atom is -0.462 e. The molecule has 0 aliphatic heterocycles. The molecule has 0 amide bonds. The predicted molar refractivity (Wildman–Crippen MR) is 266 cm³/mol. The number of esters is 3. The van der Waals surface area contributed by atoms with Crippen molar-refractivity contribution in [3.63, 3.8) is 0 Å².